The van der Waals surface area contributed by atoms with Crippen LogP contribution in [0.25, 0.3) is 0 Å². The molecule has 0 aliphatic rings. The number of ether oxygens (including phenoxy) is 2. The van der Waals surface area contributed by atoms with Crippen molar-refractivity contribution in [2.45, 2.75) is 53.2 Å². The Morgan fingerprint density at radius 2 is 1.61 bits per heavy atom. The Balaban J connectivity index is 0.00000480. The number of rotatable bonds is 9. The van der Waals surface area contributed by atoms with Crippen LogP contribution < -0.4 is 14.8 Å². The molecule has 0 aromatic heterocycles. The molecule has 0 saturated heterocycles. The molecule has 2 N–H and O–H groups in total. The minimum Gasteiger partial charge on any atom is -0.423 e. The summed E-state index contributed by atoms with van der Waals surface area (Å²) in [6, 6.07) is 11.9. The number of aliphatic hydroxyl groups is 1. The summed E-state index contributed by atoms with van der Waals surface area (Å²) in [5, 5.41) is 13.6. The number of hydrogen-bond donors (Lipinski definition) is 2. The van der Waals surface area contributed by atoms with E-state index in [9.17, 15) is 14.7 Å². The molecule has 0 amide bonds. The van der Waals surface area contributed by atoms with Crippen molar-refractivity contribution in [3.05, 3.63) is 59.2 Å². The first-order chi connectivity index (χ1) is 14.2. The zero-order chi connectivity index (χ0) is 22.3. The van der Waals surface area contributed by atoms with Crippen LogP contribution >= 0.6 is 12.4 Å². The van der Waals surface area contributed by atoms with Crippen molar-refractivity contribution in [2.75, 3.05) is 6.54 Å². The highest BCUT2D eigenvalue weighted by atomic mass is 35.5. The minimum atomic E-state index is -0.801. The fourth-order valence-electron chi connectivity index (χ4n) is 2.71. The number of esters is 2. The van der Waals surface area contributed by atoms with Crippen LogP contribution in [0.15, 0.2) is 42.5 Å². The minimum absolute atomic E-state index is 0. The van der Waals surface area contributed by atoms with Gasteiger partial charge in [0, 0.05) is 19.0 Å². The van der Waals surface area contributed by atoms with Crippen molar-refractivity contribution in [3.8, 4) is 11.5 Å². The molecule has 0 radical (unpaired) electrons. The first-order valence-corrected chi connectivity index (χ1v) is 10.2. The van der Waals surface area contributed by atoms with Gasteiger partial charge < -0.3 is 19.9 Å². The van der Waals surface area contributed by atoms with Crippen molar-refractivity contribution in [2.24, 2.45) is 5.92 Å². The van der Waals surface area contributed by atoms with E-state index in [2.05, 4.69) is 5.32 Å². The molecule has 0 heterocycles. The van der Waals surface area contributed by atoms with Crippen LogP contribution in [-0.4, -0.2) is 29.6 Å². The van der Waals surface area contributed by atoms with Crippen molar-refractivity contribution >= 4 is 24.3 Å². The van der Waals surface area contributed by atoms with Gasteiger partial charge in [-0.2, -0.15) is 0 Å². The fraction of sp³-hybridized carbons (Fsp3) is 0.417. The summed E-state index contributed by atoms with van der Waals surface area (Å²) < 4.78 is 11.0. The Hall–Kier alpha value is -2.41. The van der Waals surface area contributed by atoms with Gasteiger partial charge in [0.05, 0.1) is 11.7 Å². The second-order valence-electron chi connectivity index (χ2n) is 8.11. The topological polar surface area (TPSA) is 84.9 Å². The first kappa shape index (κ1) is 26.6. The zero-order valence-corrected chi connectivity index (χ0v) is 19.5. The number of hydrogen-bond acceptors (Lipinski definition) is 6. The zero-order valence-electron chi connectivity index (χ0n) is 18.7. The number of nitrogens with one attached hydrogen (secondary N) is 1. The van der Waals surface area contributed by atoms with E-state index in [1.54, 1.807) is 24.3 Å². The molecule has 170 valence electrons. The molecule has 0 fully saturated rings. The average molecular weight is 450 g/mol. The van der Waals surface area contributed by atoms with Gasteiger partial charge in [-0.05, 0) is 42.7 Å². The summed E-state index contributed by atoms with van der Waals surface area (Å²) >= 11 is 0. The van der Waals surface area contributed by atoms with Gasteiger partial charge in [0.15, 0.2) is 11.5 Å². The van der Waals surface area contributed by atoms with Gasteiger partial charge in [0.25, 0.3) is 0 Å². The van der Waals surface area contributed by atoms with Crippen molar-refractivity contribution in [3.63, 3.8) is 0 Å². The highest BCUT2D eigenvalue weighted by Gasteiger charge is 2.19. The van der Waals surface area contributed by atoms with E-state index in [0.29, 0.717) is 17.7 Å². The third-order valence-electron chi connectivity index (χ3n) is 4.36. The van der Waals surface area contributed by atoms with Gasteiger partial charge in [-0.1, -0.05) is 51.5 Å². The summed E-state index contributed by atoms with van der Waals surface area (Å²) in [5.74, 6) is -0.595. The predicted molar refractivity (Wildman–Crippen MR) is 123 cm³/mol. The lowest BCUT2D eigenvalue weighted by Crippen LogP contribution is -2.27. The first-order valence-electron chi connectivity index (χ1n) is 10.2. The lowest BCUT2D eigenvalue weighted by Gasteiger charge is -2.17. The molecule has 0 spiro atoms. The smallest absolute Gasteiger partial charge is 0.343 e. The largest absolute Gasteiger partial charge is 0.423 e. The quantitative estimate of drug-likeness (QED) is 0.429. The number of benzene rings is 2. The fourth-order valence-corrected chi connectivity index (χ4v) is 2.71. The Kier molecular flexibility index (Phi) is 10.7. The third kappa shape index (κ3) is 8.69. The molecule has 2 rings (SSSR count). The highest BCUT2D eigenvalue weighted by Crippen LogP contribution is 2.32. The maximum atomic E-state index is 12.6. The van der Waals surface area contributed by atoms with E-state index in [1.807, 2.05) is 46.8 Å². The summed E-state index contributed by atoms with van der Waals surface area (Å²) in [6.07, 6.45) is -0.557. The van der Waals surface area contributed by atoms with Crippen molar-refractivity contribution in [1.29, 1.82) is 0 Å². The van der Waals surface area contributed by atoms with Crippen LogP contribution in [0.3, 0.4) is 0 Å². The predicted octanol–water partition coefficient (Wildman–Crippen LogP) is 4.62. The SMILES string of the molecule is Cc1ccc(C(=O)Oc2cc(C(O)CNC(C)C)ccc2OC(=O)CC(C)C)cc1.Cl. The van der Waals surface area contributed by atoms with Gasteiger partial charge in [0.1, 0.15) is 0 Å². The van der Waals surface area contributed by atoms with E-state index in [1.165, 1.54) is 6.07 Å². The normalized spacial score (nSPS) is 11.7. The number of aryl methyl sites for hydroxylation is 1. The lowest BCUT2D eigenvalue weighted by molar-refractivity contribution is -0.135. The molecular weight excluding hydrogens is 418 g/mol. The van der Waals surface area contributed by atoms with Crippen molar-refractivity contribution < 1.29 is 24.2 Å². The van der Waals surface area contributed by atoms with Gasteiger partial charge in [-0.25, -0.2) is 4.79 Å². The van der Waals surface area contributed by atoms with Gasteiger partial charge in [0.2, 0.25) is 0 Å². The molecule has 6 nitrogen and oxygen atoms in total. The van der Waals surface area contributed by atoms with Gasteiger partial charge >= 0.3 is 11.9 Å². The monoisotopic (exact) mass is 449 g/mol. The summed E-state index contributed by atoms with van der Waals surface area (Å²) in [7, 11) is 0. The molecule has 1 atom stereocenters. The molecule has 1 unspecified atom stereocenters. The standard InChI is InChI=1S/C24H31NO5.ClH/c1-15(2)12-23(27)29-21-11-10-19(20(26)14-25-16(3)4)13-22(21)30-24(28)18-8-6-17(5)7-9-18;/h6-11,13,15-16,20,25-26H,12,14H2,1-5H3;1H. The molecule has 31 heavy (non-hydrogen) atoms. The van der Waals surface area contributed by atoms with Gasteiger partial charge in [-0.15, -0.1) is 12.4 Å². The van der Waals surface area contributed by atoms with E-state index in [4.69, 9.17) is 9.47 Å². The number of halogens is 1. The Morgan fingerprint density at radius 3 is 2.19 bits per heavy atom. The van der Waals surface area contributed by atoms with Crippen LogP contribution in [0.2, 0.25) is 0 Å². The highest BCUT2D eigenvalue weighted by molar-refractivity contribution is 5.91. The Labute approximate surface area is 190 Å². The molecule has 2 aromatic rings. The number of carbonyl (C=O) groups excluding carboxylic acids is 2. The van der Waals surface area contributed by atoms with Crippen LogP contribution in [0.1, 0.15) is 61.7 Å². The molecule has 0 saturated carbocycles. The molecule has 0 bridgehead atoms. The summed E-state index contributed by atoms with van der Waals surface area (Å²) in [6.45, 7) is 10.1. The molecule has 2 aromatic carbocycles. The lowest BCUT2D eigenvalue weighted by atomic mass is 10.1. The van der Waals surface area contributed by atoms with Crippen LogP contribution in [-0.2, 0) is 4.79 Å². The maximum absolute atomic E-state index is 12.6. The summed E-state index contributed by atoms with van der Waals surface area (Å²) in [4.78, 5) is 24.7. The van der Waals surface area contributed by atoms with Crippen LogP contribution in [0.5, 0.6) is 11.5 Å². The van der Waals surface area contributed by atoms with E-state index < -0.39 is 18.0 Å². The molecular formula is C24H32ClNO5. The van der Waals surface area contributed by atoms with E-state index in [-0.39, 0.29) is 42.3 Å². The van der Waals surface area contributed by atoms with Crippen LogP contribution in [0.4, 0.5) is 0 Å². The average Bonchev–Trinajstić information content (AvgIpc) is 2.67. The molecule has 7 heteroatoms. The Bertz CT molecular complexity index is 865. The third-order valence-corrected chi connectivity index (χ3v) is 4.36. The van der Waals surface area contributed by atoms with Gasteiger partial charge in [-0.3, -0.25) is 4.79 Å². The van der Waals surface area contributed by atoms with E-state index >= 15 is 0 Å². The number of aliphatic hydroxyl groups excluding tert-OH is 1. The molecule has 0 aliphatic carbocycles. The van der Waals surface area contributed by atoms with E-state index in [0.717, 1.165) is 5.56 Å². The second kappa shape index (κ2) is 12.4. The molecule has 0 aliphatic heterocycles. The maximum Gasteiger partial charge on any atom is 0.343 e. The van der Waals surface area contributed by atoms with Crippen LogP contribution in [0, 0.1) is 12.8 Å². The second-order valence-corrected chi connectivity index (χ2v) is 8.11. The van der Waals surface area contributed by atoms with Crippen molar-refractivity contribution in [1.82, 2.24) is 5.32 Å². The Morgan fingerprint density at radius 1 is 0.968 bits per heavy atom. The summed E-state index contributed by atoms with van der Waals surface area (Å²) in [5.41, 5.74) is 1.96. The number of carbonyl (C=O) groups is 2.